The Morgan fingerprint density at radius 1 is 1.36 bits per heavy atom. The Morgan fingerprint density at radius 2 is 2.00 bits per heavy atom. The van der Waals surface area contributed by atoms with Gasteiger partial charge in [-0.05, 0) is 19.8 Å². The van der Waals surface area contributed by atoms with E-state index in [1.807, 2.05) is 13.8 Å². The van der Waals surface area contributed by atoms with Gasteiger partial charge >= 0.3 is 0 Å². The monoisotopic (exact) mass is 309 g/mol. The number of nitrogens with two attached hydrogens (primary N) is 1. The summed E-state index contributed by atoms with van der Waals surface area (Å²) in [6.45, 7) is 6.74. The smallest absolute Gasteiger partial charge is 0.256 e. The van der Waals surface area contributed by atoms with Gasteiger partial charge in [-0.25, -0.2) is 0 Å². The van der Waals surface area contributed by atoms with E-state index in [9.17, 15) is 9.59 Å². The SMILES string of the molecule is Cc1noc(C(C)C)c1C(=O)NCC1(C(N)=O)CCOCC1. The Hall–Kier alpha value is -1.89. The van der Waals surface area contributed by atoms with Crippen molar-refractivity contribution in [2.24, 2.45) is 11.1 Å². The predicted octanol–water partition coefficient (Wildman–Crippen LogP) is 1.12. The van der Waals surface area contributed by atoms with Gasteiger partial charge in [0, 0.05) is 25.7 Å². The molecule has 0 atom stereocenters. The average Bonchev–Trinajstić information content (AvgIpc) is 2.87. The number of hydrogen-bond acceptors (Lipinski definition) is 5. The van der Waals surface area contributed by atoms with Crippen LogP contribution in [0.4, 0.5) is 0 Å². The van der Waals surface area contributed by atoms with Crippen LogP contribution in [0, 0.1) is 12.3 Å². The second-order valence-corrected chi connectivity index (χ2v) is 6.10. The summed E-state index contributed by atoms with van der Waals surface area (Å²) in [6, 6.07) is 0. The van der Waals surface area contributed by atoms with Crippen LogP contribution in [-0.4, -0.2) is 36.7 Å². The van der Waals surface area contributed by atoms with Crippen LogP contribution in [0.25, 0.3) is 0 Å². The highest BCUT2D eigenvalue weighted by atomic mass is 16.5. The van der Waals surface area contributed by atoms with Gasteiger partial charge < -0.3 is 20.3 Å². The molecule has 0 bridgehead atoms. The minimum atomic E-state index is -0.739. The largest absolute Gasteiger partial charge is 0.381 e. The summed E-state index contributed by atoms with van der Waals surface area (Å²) < 4.78 is 10.5. The Kier molecular flexibility index (Phi) is 4.85. The van der Waals surface area contributed by atoms with Crippen LogP contribution in [-0.2, 0) is 9.53 Å². The van der Waals surface area contributed by atoms with Crippen LogP contribution in [0.15, 0.2) is 4.52 Å². The molecule has 0 saturated carbocycles. The van der Waals surface area contributed by atoms with Crippen LogP contribution < -0.4 is 11.1 Å². The van der Waals surface area contributed by atoms with Crippen molar-refractivity contribution in [1.82, 2.24) is 10.5 Å². The molecule has 1 fully saturated rings. The van der Waals surface area contributed by atoms with Crippen LogP contribution >= 0.6 is 0 Å². The Labute approximate surface area is 129 Å². The average molecular weight is 309 g/mol. The van der Waals surface area contributed by atoms with Gasteiger partial charge in [0.1, 0.15) is 5.56 Å². The second kappa shape index (κ2) is 6.48. The lowest BCUT2D eigenvalue weighted by Crippen LogP contribution is -2.49. The Morgan fingerprint density at radius 3 is 2.55 bits per heavy atom. The van der Waals surface area contributed by atoms with E-state index < -0.39 is 11.3 Å². The Bertz CT molecular complexity index is 559. The predicted molar refractivity (Wildman–Crippen MR) is 79.3 cm³/mol. The lowest BCUT2D eigenvalue weighted by atomic mass is 9.79. The zero-order valence-corrected chi connectivity index (χ0v) is 13.3. The summed E-state index contributed by atoms with van der Waals surface area (Å²) in [5.74, 6) is -0.0815. The first kappa shape index (κ1) is 16.5. The van der Waals surface area contributed by atoms with E-state index in [0.29, 0.717) is 43.1 Å². The summed E-state index contributed by atoms with van der Waals surface area (Å²) in [6.07, 6.45) is 1.03. The second-order valence-electron chi connectivity index (χ2n) is 6.10. The number of nitrogens with one attached hydrogen (secondary N) is 1. The number of hydrogen-bond donors (Lipinski definition) is 2. The first-order valence-corrected chi connectivity index (χ1v) is 7.49. The van der Waals surface area contributed by atoms with Crippen LogP contribution in [0.5, 0.6) is 0 Å². The van der Waals surface area contributed by atoms with Gasteiger partial charge in [-0.1, -0.05) is 19.0 Å². The quantitative estimate of drug-likeness (QED) is 0.847. The van der Waals surface area contributed by atoms with E-state index in [4.69, 9.17) is 15.0 Å². The van der Waals surface area contributed by atoms with E-state index in [1.165, 1.54) is 0 Å². The van der Waals surface area contributed by atoms with Crippen molar-refractivity contribution in [1.29, 1.82) is 0 Å². The first-order chi connectivity index (χ1) is 10.4. The molecule has 7 heteroatoms. The van der Waals surface area contributed by atoms with E-state index >= 15 is 0 Å². The van der Waals surface area contributed by atoms with Gasteiger partial charge in [-0.3, -0.25) is 9.59 Å². The normalized spacial score (nSPS) is 17.5. The molecule has 0 spiro atoms. The highest BCUT2D eigenvalue weighted by molar-refractivity contribution is 5.96. The Balaban J connectivity index is 2.12. The molecule has 122 valence electrons. The lowest BCUT2D eigenvalue weighted by molar-refractivity contribution is -0.132. The maximum atomic E-state index is 12.5. The number of aryl methyl sites for hydroxylation is 1. The number of rotatable bonds is 5. The maximum Gasteiger partial charge on any atom is 0.256 e. The zero-order chi connectivity index (χ0) is 16.3. The molecule has 22 heavy (non-hydrogen) atoms. The van der Waals surface area contributed by atoms with Gasteiger partial charge in [-0.15, -0.1) is 0 Å². The fourth-order valence-corrected chi connectivity index (χ4v) is 2.67. The van der Waals surface area contributed by atoms with Crippen molar-refractivity contribution >= 4 is 11.8 Å². The van der Waals surface area contributed by atoms with E-state index in [1.54, 1.807) is 6.92 Å². The molecule has 2 rings (SSSR count). The third-order valence-corrected chi connectivity index (χ3v) is 4.20. The number of aromatic nitrogens is 1. The minimum Gasteiger partial charge on any atom is -0.381 e. The number of carbonyl (C=O) groups excluding carboxylic acids is 2. The van der Waals surface area contributed by atoms with Gasteiger partial charge in [0.25, 0.3) is 5.91 Å². The highest BCUT2D eigenvalue weighted by Crippen LogP contribution is 2.30. The summed E-state index contributed by atoms with van der Waals surface area (Å²) in [7, 11) is 0. The summed E-state index contributed by atoms with van der Waals surface area (Å²) >= 11 is 0. The third kappa shape index (κ3) is 3.14. The molecule has 0 unspecified atom stereocenters. The molecule has 3 N–H and O–H groups in total. The fraction of sp³-hybridized carbons (Fsp3) is 0.667. The van der Waals surface area contributed by atoms with Crippen molar-refractivity contribution in [2.75, 3.05) is 19.8 Å². The molecule has 1 aromatic heterocycles. The van der Waals surface area contributed by atoms with E-state index in [-0.39, 0.29) is 18.4 Å². The van der Waals surface area contributed by atoms with Crippen LogP contribution in [0.2, 0.25) is 0 Å². The number of amides is 2. The molecular formula is C15H23N3O4. The van der Waals surface area contributed by atoms with Crippen molar-refractivity contribution in [3.63, 3.8) is 0 Å². The number of ether oxygens (including phenoxy) is 1. The van der Waals surface area contributed by atoms with Crippen molar-refractivity contribution in [3.8, 4) is 0 Å². The molecule has 1 aromatic rings. The summed E-state index contributed by atoms with van der Waals surface area (Å²) in [5.41, 5.74) is 5.79. The van der Waals surface area contributed by atoms with Crippen molar-refractivity contribution in [2.45, 2.75) is 39.5 Å². The third-order valence-electron chi connectivity index (χ3n) is 4.20. The number of carbonyl (C=O) groups is 2. The van der Waals surface area contributed by atoms with Gasteiger partial charge in [0.2, 0.25) is 5.91 Å². The van der Waals surface area contributed by atoms with Crippen molar-refractivity contribution < 1.29 is 18.8 Å². The van der Waals surface area contributed by atoms with E-state index in [2.05, 4.69) is 10.5 Å². The van der Waals surface area contributed by atoms with Gasteiger partial charge in [0.05, 0.1) is 11.1 Å². The molecular weight excluding hydrogens is 286 g/mol. The first-order valence-electron chi connectivity index (χ1n) is 7.49. The molecule has 1 aliphatic rings. The van der Waals surface area contributed by atoms with Crippen LogP contribution in [0.3, 0.4) is 0 Å². The lowest BCUT2D eigenvalue weighted by Gasteiger charge is -2.34. The zero-order valence-electron chi connectivity index (χ0n) is 13.3. The molecule has 1 saturated heterocycles. The minimum absolute atomic E-state index is 0.0510. The van der Waals surface area contributed by atoms with Crippen LogP contribution in [0.1, 0.15) is 54.4 Å². The molecule has 2 amide bonds. The summed E-state index contributed by atoms with van der Waals surface area (Å²) in [4.78, 5) is 24.3. The highest BCUT2D eigenvalue weighted by Gasteiger charge is 2.39. The van der Waals surface area contributed by atoms with Gasteiger partial charge in [-0.2, -0.15) is 0 Å². The number of primary amides is 1. The fourth-order valence-electron chi connectivity index (χ4n) is 2.67. The molecule has 1 aliphatic heterocycles. The molecule has 0 aromatic carbocycles. The molecule has 2 heterocycles. The summed E-state index contributed by atoms with van der Waals surface area (Å²) in [5, 5.41) is 6.68. The number of nitrogens with zero attached hydrogens (tertiary/aromatic N) is 1. The standard InChI is InChI=1S/C15H23N3O4/c1-9(2)12-11(10(3)18-22-12)13(19)17-8-15(14(16)20)4-6-21-7-5-15/h9H,4-8H2,1-3H3,(H2,16,20)(H,17,19). The van der Waals surface area contributed by atoms with E-state index in [0.717, 1.165) is 0 Å². The molecule has 7 nitrogen and oxygen atoms in total. The maximum absolute atomic E-state index is 12.5. The molecule has 0 aliphatic carbocycles. The molecule has 0 radical (unpaired) electrons. The topological polar surface area (TPSA) is 107 Å². The van der Waals surface area contributed by atoms with Gasteiger partial charge in [0.15, 0.2) is 5.76 Å². The van der Waals surface area contributed by atoms with Crippen molar-refractivity contribution in [3.05, 3.63) is 17.0 Å².